The second-order valence-electron chi connectivity index (χ2n) is 8.69. The Balaban J connectivity index is 1.42. The summed E-state index contributed by atoms with van der Waals surface area (Å²) in [7, 11) is 0. The molecule has 1 aromatic heterocycles. The van der Waals surface area contributed by atoms with Gasteiger partial charge in [0.25, 0.3) is 5.56 Å². The fourth-order valence-corrected chi connectivity index (χ4v) is 5.20. The van der Waals surface area contributed by atoms with Gasteiger partial charge in [-0.3, -0.25) is 14.6 Å². The molecule has 3 aliphatic rings. The number of halogens is 1. The first-order valence-electron chi connectivity index (χ1n) is 11.1. The molecular weight excluding hydrogens is 399 g/mol. The van der Waals surface area contributed by atoms with E-state index in [0.717, 1.165) is 24.1 Å². The quantitative estimate of drug-likeness (QED) is 0.814. The third kappa shape index (κ3) is 3.63. The molecule has 2 fully saturated rings. The van der Waals surface area contributed by atoms with Gasteiger partial charge in [0, 0.05) is 26.1 Å². The molecule has 2 aromatic rings. The Labute approximate surface area is 180 Å². The van der Waals surface area contributed by atoms with E-state index in [1.54, 1.807) is 11.0 Å². The van der Waals surface area contributed by atoms with Crippen molar-refractivity contribution >= 4 is 11.9 Å². The minimum Gasteiger partial charge on any atom is -0.378 e. The summed E-state index contributed by atoms with van der Waals surface area (Å²) >= 11 is 0. The molecule has 1 amide bonds. The molecule has 1 aromatic carbocycles. The number of morpholine rings is 1. The molecule has 7 nitrogen and oxygen atoms in total. The van der Waals surface area contributed by atoms with Crippen LogP contribution < -0.4 is 10.5 Å². The van der Waals surface area contributed by atoms with Crippen molar-refractivity contribution < 1.29 is 13.9 Å². The molecule has 0 spiro atoms. The molecule has 0 bridgehead atoms. The predicted molar refractivity (Wildman–Crippen MR) is 114 cm³/mol. The van der Waals surface area contributed by atoms with Gasteiger partial charge in [0.2, 0.25) is 11.9 Å². The number of nitrogens with zero attached hydrogens (tertiary/aromatic N) is 3. The van der Waals surface area contributed by atoms with Gasteiger partial charge < -0.3 is 14.5 Å². The molecule has 1 saturated heterocycles. The predicted octanol–water partition coefficient (Wildman–Crippen LogP) is 2.14. The number of amides is 1. The molecule has 31 heavy (non-hydrogen) atoms. The van der Waals surface area contributed by atoms with Crippen LogP contribution in [0.15, 0.2) is 29.1 Å². The first kappa shape index (κ1) is 20.2. The van der Waals surface area contributed by atoms with Crippen molar-refractivity contribution in [2.45, 2.75) is 44.1 Å². The summed E-state index contributed by atoms with van der Waals surface area (Å²) in [6, 6.07) is 6.42. The zero-order valence-corrected chi connectivity index (χ0v) is 17.5. The van der Waals surface area contributed by atoms with Crippen LogP contribution in [0.2, 0.25) is 0 Å². The third-order valence-electron chi connectivity index (χ3n) is 6.90. The lowest BCUT2D eigenvalue weighted by molar-refractivity contribution is -0.138. The van der Waals surface area contributed by atoms with Gasteiger partial charge in [-0.05, 0) is 30.5 Å². The molecule has 0 radical (unpaired) electrons. The lowest BCUT2D eigenvalue weighted by atomic mass is 9.77. The largest absolute Gasteiger partial charge is 0.378 e. The SMILES string of the molecule is O=C(N1CCc2nc(N3CCOCC3)[nH]c(=O)c2C1)C1(c2cccc(F)c2)CCCC1. The minimum absolute atomic E-state index is 0.00194. The van der Waals surface area contributed by atoms with Crippen LogP contribution in [0.4, 0.5) is 10.3 Å². The van der Waals surface area contributed by atoms with Gasteiger partial charge in [0.1, 0.15) is 5.82 Å². The molecule has 8 heteroatoms. The number of aromatic nitrogens is 2. The topological polar surface area (TPSA) is 78.5 Å². The zero-order valence-electron chi connectivity index (χ0n) is 17.5. The van der Waals surface area contributed by atoms with Gasteiger partial charge in [-0.15, -0.1) is 0 Å². The summed E-state index contributed by atoms with van der Waals surface area (Å²) in [6.45, 7) is 3.39. The molecule has 0 atom stereocenters. The number of hydrogen-bond acceptors (Lipinski definition) is 5. The van der Waals surface area contributed by atoms with E-state index in [0.29, 0.717) is 63.6 Å². The molecular formula is C23H27FN4O3. The number of rotatable bonds is 3. The lowest BCUT2D eigenvalue weighted by Crippen LogP contribution is -2.49. The highest BCUT2D eigenvalue weighted by Gasteiger charge is 2.45. The summed E-state index contributed by atoms with van der Waals surface area (Å²) < 4.78 is 19.3. The average molecular weight is 426 g/mol. The number of aromatic amines is 1. The van der Waals surface area contributed by atoms with Gasteiger partial charge in [0.05, 0.1) is 36.4 Å². The number of hydrogen-bond donors (Lipinski definition) is 1. The van der Waals surface area contributed by atoms with E-state index >= 15 is 0 Å². The first-order chi connectivity index (χ1) is 15.1. The highest BCUT2D eigenvalue weighted by molar-refractivity contribution is 5.89. The number of anilines is 1. The van der Waals surface area contributed by atoms with Crippen LogP contribution in [-0.2, 0) is 27.9 Å². The van der Waals surface area contributed by atoms with Gasteiger partial charge >= 0.3 is 0 Å². The summed E-state index contributed by atoms with van der Waals surface area (Å²) in [5.74, 6) is 0.258. The Bertz CT molecular complexity index is 1040. The molecule has 1 saturated carbocycles. The van der Waals surface area contributed by atoms with Gasteiger partial charge in [-0.1, -0.05) is 25.0 Å². The lowest BCUT2D eigenvalue weighted by Gasteiger charge is -2.37. The van der Waals surface area contributed by atoms with Crippen LogP contribution in [0.25, 0.3) is 0 Å². The van der Waals surface area contributed by atoms with Gasteiger partial charge in [0.15, 0.2) is 0 Å². The van der Waals surface area contributed by atoms with Crippen molar-refractivity contribution in [3.63, 3.8) is 0 Å². The summed E-state index contributed by atoms with van der Waals surface area (Å²) in [6.07, 6.45) is 3.85. The van der Waals surface area contributed by atoms with Crippen molar-refractivity contribution in [2.75, 3.05) is 37.7 Å². The number of H-pyrrole nitrogens is 1. The standard InChI is InChI=1S/C23H27FN4O3/c24-17-5-3-4-16(14-17)23(7-1-2-8-23)21(30)28-9-6-19-18(15-28)20(29)26-22(25-19)27-10-12-31-13-11-27/h3-5,14H,1-2,6-13,15H2,(H,25,26,29). The Kier molecular flexibility index (Phi) is 5.25. The van der Waals surface area contributed by atoms with Crippen molar-refractivity contribution in [2.24, 2.45) is 0 Å². The molecule has 1 aliphatic carbocycles. The van der Waals surface area contributed by atoms with E-state index < -0.39 is 5.41 Å². The first-order valence-corrected chi connectivity index (χ1v) is 11.1. The van der Waals surface area contributed by atoms with Gasteiger partial charge in [-0.2, -0.15) is 0 Å². The molecule has 0 unspecified atom stereocenters. The highest BCUT2D eigenvalue weighted by atomic mass is 19.1. The second-order valence-corrected chi connectivity index (χ2v) is 8.69. The number of benzene rings is 1. The van der Waals surface area contributed by atoms with Crippen molar-refractivity contribution in [1.29, 1.82) is 0 Å². The van der Waals surface area contributed by atoms with E-state index in [1.165, 1.54) is 12.1 Å². The fourth-order valence-electron chi connectivity index (χ4n) is 5.20. The maximum absolute atomic E-state index is 13.9. The zero-order chi connectivity index (χ0) is 21.4. The summed E-state index contributed by atoms with van der Waals surface area (Å²) in [4.78, 5) is 38.0. The molecule has 5 rings (SSSR count). The number of fused-ring (bicyclic) bond motifs is 1. The summed E-state index contributed by atoms with van der Waals surface area (Å²) in [5.41, 5.74) is 1.18. The average Bonchev–Trinajstić information content (AvgIpc) is 3.30. The fraction of sp³-hybridized carbons (Fsp3) is 0.522. The maximum Gasteiger partial charge on any atom is 0.257 e. The van der Waals surface area contributed by atoms with Crippen LogP contribution in [0.3, 0.4) is 0 Å². The van der Waals surface area contributed by atoms with Crippen LogP contribution in [-0.4, -0.2) is 53.6 Å². The Morgan fingerprint density at radius 1 is 1.16 bits per heavy atom. The minimum atomic E-state index is -0.701. The van der Waals surface area contributed by atoms with E-state index in [9.17, 15) is 14.0 Å². The Morgan fingerprint density at radius 3 is 2.68 bits per heavy atom. The second kappa shape index (κ2) is 8.07. The number of ether oxygens (including phenoxy) is 1. The Morgan fingerprint density at radius 2 is 1.94 bits per heavy atom. The van der Waals surface area contributed by atoms with Crippen molar-refractivity contribution in [3.05, 3.63) is 57.3 Å². The number of carbonyl (C=O) groups excluding carboxylic acids is 1. The van der Waals surface area contributed by atoms with Gasteiger partial charge in [-0.25, -0.2) is 9.37 Å². The maximum atomic E-state index is 13.9. The third-order valence-corrected chi connectivity index (χ3v) is 6.90. The molecule has 3 heterocycles. The number of carbonyl (C=O) groups is 1. The monoisotopic (exact) mass is 426 g/mol. The van der Waals surface area contributed by atoms with Crippen molar-refractivity contribution in [3.8, 4) is 0 Å². The normalized spacial score (nSPS) is 20.5. The smallest absolute Gasteiger partial charge is 0.257 e. The summed E-state index contributed by atoms with van der Waals surface area (Å²) in [5, 5.41) is 0. The molecule has 2 aliphatic heterocycles. The van der Waals surface area contributed by atoms with E-state index in [-0.39, 0.29) is 23.8 Å². The highest BCUT2D eigenvalue weighted by Crippen LogP contribution is 2.43. The molecule has 1 N–H and O–H groups in total. The molecule has 164 valence electrons. The van der Waals surface area contributed by atoms with E-state index in [4.69, 9.17) is 9.72 Å². The van der Waals surface area contributed by atoms with Crippen LogP contribution in [0.1, 0.15) is 42.5 Å². The Hall–Kier alpha value is -2.74. The van der Waals surface area contributed by atoms with E-state index in [2.05, 4.69) is 4.98 Å². The van der Waals surface area contributed by atoms with Crippen molar-refractivity contribution in [1.82, 2.24) is 14.9 Å². The van der Waals surface area contributed by atoms with Crippen LogP contribution in [0.5, 0.6) is 0 Å². The number of nitrogens with one attached hydrogen (secondary N) is 1. The van der Waals surface area contributed by atoms with E-state index in [1.807, 2.05) is 11.0 Å². The van der Waals surface area contributed by atoms with Crippen LogP contribution >= 0.6 is 0 Å². The van der Waals surface area contributed by atoms with Crippen LogP contribution in [0, 0.1) is 5.82 Å².